The van der Waals surface area contributed by atoms with Gasteiger partial charge in [-0.3, -0.25) is 0 Å². The molecular formula is C48H38B8N2O3. The van der Waals surface area contributed by atoms with Crippen molar-refractivity contribution in [3.05, 3.63) is 115 Å². The van der Waals surface area contributed by atoms with E-state index in [0.717, 1.165) is 76.9 Å². The van der Waals surface area contributed by atoms with Gasteiger partial charge in [-0.1, -0.05) is 143 Å². The number of phenols is 2. The molecule has 2 aromatic heterocycles. The standard InChI is InChI=1S/C48H38B8N2O3/c49-34-31(37(52)48(61)40(55)38(34)53)43-39(54)35(50)32-36(51)46(59)33-45(44(32)58-43)57-42(41(56)47(33)60)28-19-18-27(21-12-4-5-13-22(21)28)30-25-16-8-6-14-23(25)29(20-10-2-1-3-11-20)24-15-7-9-17-26(24)30/h1-19,59,61H,49-56H2,(H,57,60). The third-order valence-electron chi connectivity index (χ3n) is 13.6. The van der Waals surface area contributed by atoms with Crippen LogP contribution in [0.4, 0.5) is 0 Å². The molecule has 8 aromatic carbocycles. The lowest BCUT2D eigenvalue weighted by Gasteiger charge is -2.23. The highest BCUT2D eigenvalue weighted by atomic mass is 16.3. The summed E-state index contributed by atoms with van der Waals surface area (Å²) in [5, 5.41) is 43.1. The molecule has 0 bridgehead atoms. The third-order valence-corrected chi connectivity index (χ3v) is 13.6. The number of nitrogens with zero attached hydrogens (tertiary/aromatic N) is 2. The van der Waals surface area contributed by atoms with Gasteiger partial charge < -0.3 is 15.3 Å². The number of aromatic hydroxyl groups is 3. The number of aromatic nitrogens is 2. The molecule has 0 unspecified atom stereocenters. The van der Waals surface area contributed by atoms with Crippen molar-refractivity contribution >= 4 is 161 Å². The predicted octanol–water partition coefficient (Wildman–Crippen LogP) is -1.91. The first-order valence-electron chi connectivity index (χ1n) is 20.9. The summed E-state index contributed by atoms with van der Waals surface area (Å²) in [6.07, 6.45) is 0. The Morgan fingerprint density at radius 1 is 0.311 bits per heavy atom. The van der Waals surface area contributed by atoms with Crippen LogP contribution in [-0.4, -0.2) is 88.1 Å². The Labute approximate surface area is 361 Å². The van der Waals surface area contributed by atoms with Crippen molar-refractivity contribution in [2.24, 2.45) is 0 Å². The van der Waals surface area contributed by atoms with Crippen molar-refractivity contribution in [2.45, 2.75) is 0 Å². The van der Waals surface area contributed by atoms with Gasteiger partial charge in [0.15, 0.2) is 0 Å². The second-order valence-electron chi connectivity index (χ2n) is 16.7. The molecule has 0 saturated carbocycles. The average Bonchev–Trinajstić information content (AvgIpc) is 3.28. The molecule has 5 nitrogen and oxygen atoms in total. The van der Waals surface area contributed by atoms with Gasteiger partial charge in [-0.15, -0.1) is 0 Å². The lowest BCUT2D eigenvalue weighted by molar-refractivity contribution is 0.468. The van der Waals surface area contributed by atoms with Crippen LogP contribution in [0.25, 0.3) is 98.9 Å². The van der Waals surface area contributed by atoms with Crippen LogP contribution in [-0.2, 0) is 0 Å². The lowest BCUT2D eigenvalue weighted by atomic mass is 9.64. The Morgan fingerprint density at radius 3 is 1.39 bits per heavy atom. The highest BCUT2D eigenvalue weighted by Gasteiger charge is 2.26. The van der Waals surface area contributed by atoms with Crippen LogP contribution in [0.3, 0.4) is 0 Å². The second-order valence-corrected chi connectivity index (χ2v) is 16.7. The summed E-state index contributed by atoms with van der Waals surface area (Å²) in [6, 6.07) is 40.8. The zero-order valence-electron chi connectivity index (χ0n) is 35.7. The van der Waals surface area contributed by atoms with E-state index in [9.17, 15) is 15.3 Å². The van der Waals surface area contributed by atoms with Gasteiger partial charge in [-0.25, -0.2) is 9.97 Å². The molecule has 3 N–H and O–H groups in total. The molecule has 10 aromatic rings. The van der Waals surface area contributed by atoms with Gasteiger partial charge in [0.05, 0.1) is 22.3 Å². The van der Waals surface area contributed by atoms with Gasteiger partial charge in [0.1, 0.15) is 85.5 Å². The number of benzene rings is 8. The highest BCUT2D eigenvalue weighted by Crippen LogP contribution is 2.46. The Balaban J connectivity index is 1.27. The molecule has 0 atom stereocenters. The first-order valence-corrected chi connectivity index (χ1v) is 20.9. The smallest absolute Gasteiger partial charge is 0.147 e. The van der Waals surface area contributed by atoms with Crippen molar-refractivity contribution in [1.29, 1.82) is 0 Å². The van der Waals surface area contributed by atoms with Crippen LogP contribution in [0.15, 0.2) is 115 Å². The minimum absolute atomic E-state index is 0.00621. The summed E-state index contributed by atoms with van der Waals surface area (Å²) in [5.41, 5.74) is 15.6. The van der Waals surface area contributed by atoms with Gasteiger partial charge >= 0.3 is 0 Å². The van der Waals surface area contributed by atoms with Crippen molar-refractivity contribution in [3.8, 4) is 62.0 Å². The fraction of sp³-hybridized carbons (Fsp3) is 0. The van der Waals surface area contributed by atoms with E-state index in [4.69, 9.17) is 9.97 Å². The van der Waals surface area contributed by atoms with Crippen LogP contribution in [0, 0.1) is 0 Å². The minimum Gasteiger partial charge on any atom is -0.509 e. The molecule has 282 valence electrons. The molecule has 10 rings (SSSR count). The van der Waals surface area contributed by atoms with Gasteiger partial charge in [0.25, 0.3) is 0 Å². The third kappa shape index (κ3) is 5.52. The topological polar surface area (TPSA) is 86.5 Å². The molecule has 0 aliphatic heterocycles. The number of hydrogen-bond donors (Lipinski definition) is 3. The van der Waals surface area contributed by atoms with Gasteiger partial charge in [-0.2, -0.15) is 0 Å². The molecule has 61 heavy (non-hydrogen) atoms. The van der Waals surface area contributed by atoms with Crippen LogP contribution in [0.2, 0.25) is 0 Å². The van der Waals surface area contributed by atoms with Crippen molar-refractivity contribution in [1.82, 2.24) is 9.97 Å². The van der Waals surface area contributed by atoms with E-state index in [1.165, 1.54) is 32.7 Å². The van der Waals surface area contributed by atoms with E-state index in [1.807, 2.05) is 54.9 Å². The molecule has 0 fully saturated rings. The van der Waals surface area contributed by atoms with E-state index in [2.05, 4.69) is 123 Å². The Bertz CT molecular complexity index is 3480. The first-order chi connectivity index (χ1) is 29.4. The van der Waals surface area contributed by atoms with E-state index >= 15 is 0 Å². The van der Waals surface area contributed by atoms with Crippen molar-refractivity contribution in [3.63, 3.8) is 0 Å². The summed E-state index contributed by atoms with van der Waals surface area (Å²) in [4.78, 5) is 10.8. The zero-order valence-corrected chi connectivity index (χ0v) is 35.7. The number of hydrogen-bond acceptors (Lipinski definition) is 5. The quantitative estimate of drug-likeness (QED) is 0.111. The minimum atomic E-state index is -0.0260. The van der Waals surface area contributed by atoms with Crippen LogP contribution in [0.1, 0.15) is 0 Å². The van der Waals surface area contributed by atoms with Gasteiger partial charge in [0, 0.05) is 5.56 Å². The number of pyridine rings is 2. The summed E-state index contributed by atoms with van der Waals surface area (Å²) >= 11 is 0. The normalized spacial score (nSPS) is 11.7. The molecule has 0 aliphatic carbocycles. The molecule has 0 aliphatic rings. The fourth-order valence-corrected chi connectivity index (χ4v) is 10.0. The molecule has 13 heteroatoms. The second kappa shape index (κ2) is 14.2. The SMILES string of the molecule is Bc1c(B)c(O)c(B)c(-c2nc3c(c(B)c2B)c(B)c(O)c2c(O)c(B)c(-c4ccc(-c5c6ccccc6c(-c6ccccc6)c6ccccc56)c5ccccc45)nc23)c1B. The summed E-state index contributed by atoms with van der Waals surface area (Å²) in [7, 11) is 15.8. The van der Waals surface area contributed by atoms with E-state index < -0.39 is 0 Å². The van der Waals surface area contributed by atoms with Gasteiger partial charge in [-0.05, 0) is 81.9 Å². The van der Waals surface area contributed by atoms with Crippen LogP contribution in [0.5, 0.6) is 17.2 Å². The van der Waals surface area contributed by atoms with Crippen molar-refractivity contribution < 1.29 is 15.3 Å². The van der Waals surface area contributed by atoms with Gasteiger partial charge in [0.2, 0.25) is 0 Å². The van der Waals surface area contributed by atoms with Crippen LogP contribution < -0.4 is 43.7 Å². The Kier molecular flexibility index (Phi) is 8.96. The Hall–Kier alpha value is -6.72. The van der Waals surface area contributed by atoms with Crippen LogP contribution >= 0.6 is 0 Å². The van der Waals surface area contributed by atoms with E-state index in [-0.39, 0.29) is 22.6 Å². The molecule has 0 radical (unpaired) electrons. The predicted molar refractivity (Wildman–Crippen MR) is 282 cm³/mol. The fourth-order valence-electron chi connectivity index (χ4n) is 10.0. The molecule has 0 spiro atoms. The first kappa shape index (κ1) is 38.5. The van der Waals surface area contributed by atoms with E-state index in [0.29, 0.717) is 27.7 Å². The number of phenolic OH excluding ortho intramolecular Hbond substituents is 2. The molecule has 2 heterocycles. The summed E-state index contributed by atoms with van der Waals surface area (Å²) < 4.78 is 0. The maximum absolute atomic E-state index is 12.2. The maximum atomic E-state index is 12.2. The molecule has 0 saturated heterocycles. The summed E-state index contributed by atoms with van der Waals surface area (Å²) in [6.45, 7) is 0. The molecule has 0 amide bonds. The van der Waals surface area contributed by atoms with E-state index in [1.54, 1.807) is 0 Å². The highest BCUT2D eigenvalue weighted by molar-refractivity contribution is 6.64. The maximum Gasteiger partial charge on any atom is 0.147 e. The summed E-state index contributed by atoms with van der Waals surface area (Å²) in [5.74, 6) is 0.233. The average molecular weight is 777 g/mol. The van der Waals surface area contributed by atoms with Crippen molar-refractivity contribution in [2.75, 3.05) is 0 Å². The Morgan fingerprint density at radius 2 is 0.787 bits per heavy atom. The number of fused-ring (bicyclic) bond motifs is 6. The monoisotopic (exact) mass is 778 g/mol. The number of rotatable bonds is 4. The molecular weight excluding hydrogens is 739 g/mol. The zero-order chi connectivity index (χ0) is 42.6. The largest absolute Gasteiger partial charge is 0.509 e. The lowest BCUT2D eigenvalue weighted by Crippen LogP contribution is -2.46.